The SMILES string of the molecule is CCN1CCN(c2nc(=O)n3c4c(c(-c5ccc(F)cc5F)c(C(F)(F)F)cc24)S[C@H](CN(C)C)C3)[C@@H](C)C1. The number of hydrogen-bond donors (Lipinski definition) is 0. The minimum absolute atomic E-state index is 0.0891. The van der Waals surface area contributed by atoms with Crippen LogP contribution in [0.1, 0.15) is 19.4 Å². The van der Waals surface area contributed by atoms with Crippen molar-refractivity contribution < 1.29 is 22.0 Å². The molecule has 2 aliphatic heterocycles. The molecule has 1 saturated heterocycles. The Morgan fingerprint density at radius 2 is 1.87 bits per heavy atom. The van der Waals surface area contributed by atoms with Gasteiger partial charge in [-0.3, -0.25) is 9.47 Å². The number of nitrogens with zero attached hydrogens (tertiary/aromatic N) is 5. The van der Waals surface area contributed by atoms with Crippen LogP contribution >= 0.6 is 11.8 Å². The first-order valence-electron chi connectivity index (χ1n) is 12.8. The maximum Gasteiger partial charge on any atom is 0.417 e. The van der Waals surface area contributed by atoms with Crippen LogP contribution in [0.3, 0.4) is 0 Å². The molecule has 1 aromatic heterocycles. The lowest BCUT2D eigenvalue weighted by Crippen LogP contribution is -2.52. The Labute approximate surface area is 227 Å². The van der Waals surface area contributed by atoms with E-state index in [0.29, 0.717) is 37.8 Å². The Bertz CT molecular complexity index is 1470. The van der Waals surface area contributed by atoms with Gasteiger partial charge in [0.05, 0.1) is 11.1 Å². The van der Waals surface area contributed by atoms with Crippen LogP contribution in [0.2, 0.25) is 0 Å². The maximum atomic E-state index is 15.1. The molecule has 0 amide bonds. The molecule has 0 spiro atoms. The Morgan fingerprint density at radius 3 is 2.49 bits per heavy atom. The molecule has 1 fully saturated rings. The van der Waals surface area contributed by atoms with E-state index in [1.165, 1.54) is 16.3 Å². The second kappa shape index (κ2) is 10.4. The second-order valence-corrected chi connectivity index (χ2v) is 11.7. The zero-order valence-electron chi connectivity index (χ0n) is 22.1. The molecule has 0 bridgehead atoms. The van der Waals surface area contributed by atoms with Crippen molar-refractivity contribution in [1.29, 1.82) is 0 Å². The predicted molar refractivity (Wildman–Crippen MR) is 143 cm³/mol. The number of alkyl halides is 3. The van der Waals surface area contributed by atoms with Crippen LogP contribution in [0.4, 0.5) is 27.8 Å². The van der Waals surface area contributed by atoms with Gasteiger partial charge in [-0.25, -0.2) is 13.6 Å². The molecule has 0 unspecified atom stereocenters. The topological polar surface area (TPSA) is 44.6 Å². The molecule has 0 radical (unpaired) electrons. The van der Waals surface area contributed by atoms with E-state index in [1.807, 2.05) is 37.7 Å². The van der Waals surface area contributed by atoms with Gasteiger partial charge in [0, 0.05) is 71.5 Å². The fourth-order valence-electron chi connectivity index (χ4n) is 5.62. The third-order valence-corrected chi connectivity index (χ3v) is 8.64. The van der Waals surface area contributed by atoms with Gasteiger partial charge in [-0.05, 0) is 45.8 Å². The molecule has 5 rings (SSSR count). The Balaban J connectivity index is 1.85. The number of halogens is 5. The van der Waals surface area contributed by atoms with E-state index in [2.05, 4.69) is 9.88 Å². The van der Waals surface area contributed by atoms with Crippen LogP contribution in [0.5, 0.6) is 0 Å². The van der Waals surface area contributed by atoms with Crippen molar-refractivity contribution in [3.63, 3.8) is 0 Å². The zero-order valence-corrected chi connectivity index (χ0v) is 23.0. The number of anilines is 1. The lowest BCUT2D eigenvalue weighted by atomic mass is 9.95. The van der Waals surface area contributed by atoms with Crippen molar-refractivity contribution >= 4 is 28.5 Å². The Morgan fingerprint density at radius 1 is 1.13 bits per heavy atom. The summed E-state index contributed by atoms with van der Waals surface area (Å²) in [6.07, 6.45) is -4.85. The summed E-state index contributed by atoms with van der Waals surface area (Å²) in [6, 6.07) is 3.46. The van der Waals surface area contributed by atoms with Crippen LogP contribution in [0.25, 0.3) is 22.0 Å². The first-order valence-corrected chi connectivity index (χ1v) is 13.7. The molecule has 2 atom stereocenters. The van der Waals surface area contributed by atoms with E-state index in [1.54, 1.807) is 0 Å². The Kier molecular flexibility index (Phi) is 7.40. The zero-order chi connectivity index (χ0) is 28.2. The lowest BCUT2D eigenvalue weighted by Gasteiger charge is -2.41. The number of aromatic nitrogens is 2. The summed E-state index contributed by atoms with van der Waals surface area (Å²) in [5.41, 5.74) is -2.03. The van der Waals surface area contributed by atoms with Gasteiger partial charge in [0.1, 0.15) is 17.5 Å². The van der Waals surface area contributed by atoms with Gasteiger partial charge >= 0.3 is 11.9 Å². The lowest BCUT2D eigenvalue weighted by molar-refractivity contribution is -0.137. The van der Waals surface area contributed by atoms with E-state index in [9.17, 15) is 22.4 Å². The number of rotatable bonds is 5. The largest absolute Gasteiger partial charge is 0.417 e. The highest BCUT2D eigenvalue weighted by molar-refractivity contribution is 8.00. The second-order valence-electron chi connectivity index (χ2n) is 10.4. The number of hydrogen-bond acceptors (Lipinski definition) is 6. The summed E-state index contributed by atoms with van der Waals surface area (Å²) in [5.74, 6) is -1.78. The van der Waals surface area contributed by atoms with Gasteiger partial charge in [0.25, 0.3) is 0 Å². The van der Waals surface area contributed by atoms with Gasteiger partial charge in [-0.1, -0.05) is 6.92 Å². The van der Waals surface area contributed by atoms with Gasteiger partial charge in [-0.2, -0.15) is 18.2 Å². The number of piperazine rings is 1. The van der Waals surface area contributed by atoms with E-state index in [-0.39, 0.29) is 45.1 Å². The summed E-state index contributed by atoms with van der Waals surface area (Å²) in [6.45, 7) is 7.43. The maximum absolute atomic E-state index is 15.1. The third kappa shape index (κ3) is 5.14. The summed E-state index contributed by atoms with van der Waals surface area (Å²) in [7, 11) is 3.67. The van der Waals surface area contributed by atoms with Crippen LogP contribution in [-0.4, -0.2) is 77.5 Å². The molecular weight excluding hydrogens is 537 g/mol. The van der Waals surface area contributed by atoms with Crippen LogP contribution in [-0.2, 0) is 12.7 Å². The van der Waals surface area contributed by atoms with Crippen molar-refractivity contribution in [2.24, 2.45) is 0 Å². The highest BCUT2D eigenvalue weighted by Crippen LogP contribution is 2.50. The molecule has 2 aliphatic rings. The molecule has 12 heteroatoms. The Hall–Kier alpha value is -2.70. The van der Waals surface area contributed by atoms with Crippen molar-refractivity contribution in [2.75, 3.05) is 51.7 Å². The molecule has 0 aliphatic carbocycles. The predicted octanol–water partition coefficient (Wildman–Crippen LogP) is 4.93. The summed E-state index contributed by atoms with van der Waals surface area (Å²) in [5, 5.41) is -0.0883. The first-order chi connectivity index (χ1) is 18.4. The normalized spacial score (nSPS) is 20.3. The van der Waals surface area contributed by atoms with E-state index in [0.717, 1.165) is 24.7 Å². The molecule has 3 aromatic rings. The number of benzene rings is 2. The first kappa shape index (κ1) is 27.9. The molecule has 3 heterocycles. The van der Waals surface area contributed by atoms with Gasteiger partial charge in [0.2, 0.25) is 0 Å². The van der Waals surface area contributed by atoms with Crippen LogP contribution in [0.15, 0.2) is 34.0 Å². The van der Waals surface area contributed by atoms with Crippen molar-refractivity contribution in [3.05, 3.63) is 51.9 Å². The summed E-state index contributed by atoms with van der Waals surface area (Å²) >= 11 is 1.19. The molecule has 210 valence electrons. The van der Waals surface area contributed by atoms with Gasteiger partial charge in [-0.15, -0.1) is 11.8 Å². The minimum atomic E-state index is -4.85. The quantitative estimate of drug-likeness (QED) is 0.408. The van der Waals surface area contributed by atoms with Crippen LogP contribution in [0, 0.1) is 11.6 Å². The van der Waals surface area contributed by atoms with E-state index in [4.69, 9.17) is 0 Å². The standard InChI is InChI=1S/C27H30F5N5OS/c1-5-35-8-9-36(15(2)12-35)25-19-11-20(27(30,31)32)22(18-7-6-16(28)10-21(18)29)24-23(19)37(26(38)33-25)14-17(39-24)13-34(3)4/h6-7,10-11,15,17H,5,8-9,12-14H2,1-4H3/t15-,17+/m0/s1. The van der Waals surface area contributed by atoms with Crippen molar-refractivity contribution in [1.82, 2.24) is 19.4 Å². The van der Waals surface area contributed by atoms with Crippen molar-refractivity contribution in [3.8, 4) is 11.1 Å². The monoisotopic (exact) mass is 567 g/mol. The van der Waals surface area contributed by atoms with Crippen LogP contribution < -0.4 is 10.6 Å². The molecule has 6 nitrogen and oxygen atoms in total. The average Bonchev–Trinajstić information content (AvgIpc) is 2.85. The highest BCUT2D eigenvalue weighted by atomic mass is 32.2. The minimum Gasteiger partial charge on any atom is -0.351 e. The smallest absolute Gasteiger partial charge is 0.351 e. The summed E-state index contributed by atoms with van der Waals surface area (Å²) < 4.78 is 74.4. The van der Waals surface area contributed by atoms with E-state index >= 15 is 4.39 Å². The van der Waals surface area contributed by atoms with Crippen molar-refractivity contribution in [2.45, 2.75) is 42.8 Å². The summed E-state index contributed by atoms with van der Waals surface area (Å²) in [4.78, 5) is 24.0. The highest BCUT2D eigenvalue weighted by Gasteiger charge is 2.40. The fourth-order valence-corrected chi connectivity index (χ4v) is 7.22. The third-order valence-electron chi connectivity index (χ3n) is 7.37. The van der Waals surface area contributed by atoms with Gasteiger partial charge < -0.3 is 9.80 Å². The molecular formula is C27H30F5N5OS. The average molecular weight is 568 g/mol. The fraction of sp³-hybridized carbons (Fsp3) is 0.481. The molecule has 39 heavy (non-hydrogen) atoms. The molecule has 0 saturated carbocycles. The van der Waals surface area contributed by atoms with E-state index < -0.39 is 29.1 Å². The number of likely N-dealkylation sites (N-methyl/N-ethyl adjacent to an activating group) is 1. The molecule has 2 aromatic carbocycles. The number of thioether (sulfide) groups is 1. The van der Waals surface area contributed by atoms with Gasteiger partial charge in [0.15, 0.2) is 0 Å². The molecule has 0 N–H and O–H groups in total.